The molecule has 1 aliphatic carbocycles. The summed E-state index contributed by atoms with van der Waals surface area (Å²) in [5.41, 5.74) is 2.56. The third-order valence-electron chi connectivity index (χ3n) is 5.92. The number of hydrogen-bond donors (Lipinski definition) is 0. The highest BCUT2D eigenvalue weighted by Crippen LogP contribution is 2.56. The molecule has 4 nitrogen and oxygen atoms in total. The molecule has 1 saturated carbocycles. The minimum absolute atomic E-state index is 0.0809. The molecule has 0 N–H and O–H groups in total. The van der Waals surface area contributed by atoms with Crippen LogP contribution >= 0.6 is 0 Å². The van der Waals surface area contributed by atoms with Gasteiger partial charge in [-0.25, -0.2) is 0 Å². The van der Waals surface area contributed by atoms with E-state index in [1.54, 1.807) is 14.2 Å². The van der Waals surface area contributed by atoms with E-state index in [-0.39, 0.29) is 5.54 Å². The fraction of sp³-hybridized carbons (Fsp3) is 0.611. The zero-order valence-electron chi connectivity index (χ0n) is 13.4. The summed E-state index contributed by atoms with van der Waals surface area (Å²) >= 11 is 0. The second kappa shape index (κ2) is 4.90. The molecule has 1 spiro atoms. The molecule has 0 aromatic heterocycles. The first-order chi connectivity index (χ1) is 10.7. The van der Waals surface area contributed by atoms with Gasteiger partial charge in [0.1, 0.15) is 0 Å². The number of carbonyl (C=O) groups is 1. The maximum absolute atomic E-state index is 12.5. The minimum atomic E-state index is -0.0809. The smallest absolute Gasteiger partial charge is 0.223 e. The van der Waals surface area contributed by atoms with Crippen molar-refractivity contribution in [1.29, 1.82) is 0 Å². The Bertz CT molecular complexity index is 627. The second-order valence-electron chi connectivity index (χ2n) is 6.73. The van der Waals surface area contributed by atoms with Crippen LogP contribution in [-0.2, 0) is 16.8 Å². The topological polar surface area (TPSA) is 38.8 Å². The normalized spacial score (nSPS) is 29.6. The second-order valence-corrected chi connectivity index (χ2v) is 6.73. The van der Waals surface area contributed by atoms with Crippen LogP contribution in [0.15, 0.2) is 12.1 Å². The summed E-state index contributed by atoms with van der Waals surface area (Å²) in [6, 6.07) is 4.26. The molecule has 0 radical (unpaired) electrons. The molecule has 1 aromatic rings. The van der Waals surface area contributed by atoms with Crippen molar-refractivity contribution in [3.8, 4) is 11.5 Å². The van der Waals surface area contributed by atoms with Gasteiger partial charge < -0.3 is 14.4 Å². The van der Waals surface area contributed by atoms with Gasteiger partial charge in [0, 0.05) is 13.0 Å². The van der Waals surface area contributed by atoms with Crippen molar-refractivity contribution in [3.05, 3.63) is 23.3 Å². The number of benzene rings is 1. The molecule has 22 heavy (non-hydrogen) atoms. The highest BCUT2D eigenvalue weighted by Gasteiger charge is 2.56. The van der Waals surface area contributed by atoms with E-state index < -0.39 is 0 Å². The predicted octanol–water partition coefficient (Wildman–Crippen LogP) is 2.88. The van der Waals surface area contributed by atoms with E-state index in [1.165, 1.54) is 24.0 Å². The summed E-state index contributed by atoms with van der Waals surface area (Å²) in [6.45, 7) is 0.845. The molecule has 1 amide bonds. The molecule has 2 heterocycles. The van der Waals surface area contributed by atoms with Gasteiger partial charge >= 0.3 is 0 Å². The van der Waals surface area contributed by atoms with Crippen molar-refractivity contribution in [2.75, 3.05) is 20.8 Å². The molecular formula is C18H23NO3. The van der Waals surface area contributed by atoms with Crippen molar-refractivity contribution in [1.82, 2.24) is 4.90 Å². The van der Waals surface area contributed by atoms with Crippen molar-refractivity contribution < 1.29 is 14.3 Å². The third-order valence-corrected chi connectivity index (χ3v) is 5.92. The molecule has 4 rings (SSSR count). The molecule has 1 saturated heterocycles. The Balaban J connectivity index is 1.91. The Morgan fingerprint density at radius 1 is 1.18 bits per heavy atom. The van der Waals surface area contributed by atoms with Gasteiger partial charge in [0.25, 0.3) is 0 Å². The van der Waals surface area contributed by atoms with Gasteiger partial charge in [-0.2, -0.15) is 0 Å². The first kappa shape index (κ1) is 13.9. The zero-order valence-corrected chi connectivity index (χ0v) is 13.4. The number of nitrogens with zero attached hydrogens (tertiary/aromatic N) is 1. The van der Waals surface area contributed by atoms with Crippen LogP contribution in [0.4, 0.5) is 0 Å². The Morgan fingerprint density at radius 2 is 1.95 bits per heavy atom. The molecule has 118 valence electrons. The van der Waals surface area contributed by atoms with Crippen LogP contribution in [0.25, 0.3) is 0 Å². The van der Waals surface area contributed by atoms with Crippen LogP contribution in [0.3, 0.4) is 0 Å². The third kappa shape index (κ3) is 1.67. The standard InChI is InChI=1S/C18H23NO3/c1-21-15-9-12-6-8-19-17(20)10-13-5-3-4-7-18(13,19)14(12)11-16(15)22-2/h9,11,13H,3-8,10H2,1-2H3. The largest absolute Gasteiger partial charge is 0.493 e. The number of amides is 1. The van der Waals surface area contributed by atoms with Gasteiger partial charge in [0.15, 0.2) is 11.5 Å². The van der Waals surface area contributed by atoms with Gasteiger partial charge in [-0.1, -0.05) is 12.8 Å². The van der Waals surface area contributed by atoms with Gasteiger partial charge in [-0.3, -0.25) is 4.79 Å². The van der Waals surface area contributed by atoms with Gasteiger partial charge in [0.2, 0.25) is 5.91 Å². The number of rotatable bonds is 2. The average Bonchev–Trinajstić information content (AvgIpc) is 2.86. The van der Waals surface area contributed by atoms with Crippen LogP contribution in [0.5, 0.6) is 11.5 Å². The van der Waals surface area contributed by atoms with Crippen molar-refractivity contribution in [2.24, 2.45) is 5.92 Å². The molecular weight excluding hydrogens is 278 g/mol. The summed E-state index contributed by atoms with van der Waals surface area (Å²) in [4.78, 5) is 14.7. The Kier molecular flexibility index (Phi) is 3.10. The van der Waals surface area contributed by atoms with E-state index in [4.69, 9.17) is 9.47 Å². The highest BCUT2D eigenvalue weighted by molar-refractivity contribution is 5.81. The molecule has 2 unspecified atom stereocenters. The number of carbonyl (C=O) groups excluding carboxylic acids is 1. The summed E-state index contributed by atoms with van der Waals surface area (Å²) in [6.07, 6.45) is 6.33. The molecule has 2 fully saturated rings. The Hall–Kier alpha value is -1.71. The van der Waals surface area contributed by atoms with Crippen molar-refractivity contribution >= 4 is 5.91 Å². The molecule has 0 bridgehead atoms. The molecule has 4 heteroatoms. The van der Waals surface area contributed by atoms with Crippen LogP contribution in [-0.4, -0.2) is 31.6 Å². The van der Waals surface area contributed by atoms with Crippen LogP contribution in [0.2, 0.25) is 0 Å². The summed E-state index contributed by atoms with van der Waals surface area (Å²) in [5, 5.41) is 0. The van der Waals surface area contributed by atoms with E-state index in [0.29, 0.717) is 18.2 Å². The summed E-state index contributed by atoms with van der Waals surface area (Å²) < 4.78 is 11.0. The quantitative estimate of drug-likeness (QED) is 0.843. The molecule has 2 aliphatic heterocycles. The van der Waals surface area contributed by atoms with Gasteiger partial charge in [-0.15, -0.1) is 0 Å². The lowest BCUT2D eigenvalue weighted by Crippen LogP contribution is -2.52. The van der Waals surface area contributed by atoms with E-state index in [2.05, 4.69) is 17.0 Å². The van der Waals surface area contributed by atoms with Crippen LogP contribution in [0, 0.1) is 5.92 Å². The zero-order chi connectivity index (χ0) is 15.3. The maximum Gasteiger partial charge on any atom is 0.223 e. The molecule has 2 atom stereocenters. The van der Waals surface area contributed by atoms with Gasteiger partial charge in [0.05, 0.1) is 19.8 Å². The molecule has 3 aliphatic rings. The summed E-state index contributed by atoms with van der Waals surface area (Å²) in [5.74, 6) is 2.38. The van der Waals surface area contributed by atoms with Crippen LogP contribution < -0.4 is 9.47 Å². The first-order valence-corrected chi connectivity index (χ1v) is 8.26. The van der Waals surface area contributed by atoms with E-state index in [9.17, 15) is 4.79 Å². The fourth-order valence-electron chi connectivity index (χ4n) is 4.99. The number of hydrogen-bond acceptors (Lipinski definition) is 3. The van der Waals surface area contributed by atoms with Crippen LogP contribution in [0.1, 0.15) is 43.2 Å². The SMILES string of the molecule is COc1cc2c(cc1OC)C13CCCCC1CC(=O)N3CC2. The molecule has 1 aromatic carbocycles. The van der Waals surface area contributed by atoms with E-state index >= 15 is 0 Å². The average molecular weight is 301 g/mol. The number of ether oxygens (including phenoxy) is 2. The lowest BCUT2D eigenvalue weighted by atomic mass is 9.66. The lowest BCUT2D eigenvalue weighted by Gasteiger charge is -2.49. The highest BCUT2D eigenvalue weighted by atomic mass is 16.5. The van der Waals surface area contributed by atoms with E-state index in [0.717, 1.165) is 37.3 Å². The predicted molar refractivity (Wildman–Crippen MR) is 83.2 cm³/mol. The maximum atomic E-state index is 12.5. The summed E-state index contributed by atoms with van der Waals surface area (Å²) in [7, 11) is 3.36. The lowest BCUT2D eigenvalue weighted by molar-refractivity contribution is -0.132. The monoisotopic (exact) mass is 301 g/mol. The fourth-order valence-corrected chi connectivity index (χ4v) is 4.99. The van der Waals surface area contributed by atoms with E-state index in [1.807, 2.05) is 0 Å². The minimum Gasteiger partial charge on any atom is -0.493 e. The van der Waals surface area contributed by atoms with Crippen molar-refractivity contribution in [3.63, 3.8) is 0 Å². The van der Waals surface area contributed by atoms with Crippen molar-refractivity contribution in [2.45, 2.75) is 44.1 Å². The number of methoxy groups -OCH3 is 2. The first-order valence-electron chi connectivity index (χ1n) is 8.26. The van der Waals surface area contributed by atoms with Gasteiger partial charge in [-0.05, 0) is 48.4 Å². The Labute approximate surface area is 131 Å². The number of fused-ring (bicyclic) bond motifs is 1. The Morgan fingerprint density at radius 3 is 2.73 bits per heavy atom.